The highest BCUT2D eigenvalue weighted by Crippen LogP contribution is 2.34. The van der Waals surface area contributed by atoms with Crippen LogP contribution in [0.25, 0.3) is 0 Å². The number of anilines is 2. The van der Waals surface area contributed by atoms with Gasteiger partial charge < -0.3 is 20.7 Å². The Morgan fingerprint density at radius 2 is 1.83 bits per heavy atom. The van der Waals surface area contributed by atoms with Crippen molar-refractivity contribution in [1.82, 2.24) is 10.3 Å². The normalized spacial score (nSPS) is 17.1. The quantitative estimate of drug-likeness (QED) is 0.498. The molecule has 1 fully saturated rings. The number of hydrogen-bond donors (Lipinski definition) is 3. The minimum Gasteiger partial charge on any atom is -0.480 e. The first-order valence-electron chi connectivity index (χ1n) is 10.2. The Morgan fingerprint density at radius 3 is 2.40 bits per heavy atom. The number of nitrogens with zero attached hydrogens (tertiary/aromatic N) is 2. The van der Waals surface area contributed by atoms with Gasteiger partial charge in [-0.3, -0.25) is 4.79 Å². The molecule has 0 aromatic heterocycles. The predicted octanol–water partition coefficient (Wildman–Crippen LogP) is 3.74. The molecule has 1 heterocycles. The van der Waals surface area contributed by atoms with Gasteiger partial charge in [0.2, 0.25) is 0 Å². The van der Waals surface area contributed by atoms with Crippen LogP contribution in [0.5, 0.6) is 5.75 Å². The second kappa shape index (κ2) is 10.00. The summed E-state index contributed by atoms with van der Waals surface area (Å²) < 4.78 is 87.3. The van der Waals surface area contributed by atoms with Crippen LogP contribution in [0.3, 0.4) is 0 Å². The number of rotatable bonds is 7. The number of alkyl halides is 3. The summed E-state index contributed by atoms with van der Waals surface area (Å²) in [6, 6.07) is 3.18. The molecule has 14 heteroatoms. The molecule has 8 nitrogen and oxygen atoms in total. The van der Waals surface area contributed by atoms with Gasteiger partial charge in [-0.25, -0.2) is 28.4 Å². The smallest absolute Gasteiger partial charge is 0.425 e. The number of halogens is 6. The molecule has 3 amide bonds. The van der Waals surface area contributed by atoms with Crippen LogP contribution >= 0.6 is 0 Å². The number of urea groups is 1. The van der Waals surface area contributed by atoms with Crippen molar-refractivity contribution in [1.29, 1.82) is 0 Å². The van der Waals surface area contributed by atoms with E-state index in [9.17, 15) is 31.5 Å². The number of nitrogens with two attached hydrogens (primary N) is 1. The SMILES string of the molecule is C[C@H](Oc1cc(N2NC(CCN)N(C)C2=O)c(F)cc1C(=O)Nc1c(F)cccc1F)C(F)(F)F. The van der Waals surface area contributed by atoms with E-state index in [1.54, 1.807) is 0 Å². The average molecular weight is 505 g/mol. The van der Waals surface area contributed by atoms with E-state index in [1.807, 2.05) is 5.32 Å². The third-order valence-electron chi connectivity index (χ3n) is 5.18. The Balaban J connectivity index is 2.04. The third kappa shape index (κ3) is 5.43. The molecule has 1 unspecified atom stereocenters. The molecule has 3 rings (SSSR count). The molecular weight excluding hydrogens is 484 g/mol. The first-order chi connectivity index (χ1) is 16.3. The summed E-state index contributed by atoms with van der Waals surface area (Å²) in [6.45, 7) is 0.820. The molecule has 0 aliphatic carbocycles. The molecule has 0 bridgehead atoms. The summed E-state index contributed by atoms with van der Waals surface area (Å²) in [5.74, 6) is -5.65. The molecular formula is C21H21F6N5O3. The molecule has 0 spiro atoms. The van der Waals surface area contributed by atoms with E-state index in [0.717, 1.165) is 23.2 Å². The number of ether oxygens (including phenoxy) is 1. The van der Waals surface area contributed by atoms with E-state index in [1.165, 1.54) is 11.9 Å². The van der Waals surface area contributed by atoms with Crippen LogP contribution < -0.4 is 26.2 Å². The minimum absolute atomic E-state index is 0.175. The number of nitrogens with one attached hydrogen (secondary N) is 2. The van der Waals surface area contributed by atoms with Crippen molar-refractivity contribution in [2.75, 3.05) is 23.9 Å². The second-order valence-corrected chi connectivity index (χ2v) is 7.60. The van der Waals surface area contributed by atoms with Gasteiger partial charge >= 0.3 is 12.2 Å². The van der Waals surface area contributed by atoms with Crippen molar-refractivity contribution < 1.29 is 40.7 Å². The van der Waals surface area contributed by atoms with Crippen LogP contribution in [0, 0.1) is 17.5 Å². The highest BCUT2D eigenvalue weighted by Gasteiger charge is 2.40. The predicted molar refractivity (Wildman–Crippen MR) is 113 cm³/mol. The second-order valence-electron chi connectivity index (χ2n) is 7.60. The monoisotopic (exact) mass is 505 g/mol. The highest BCUT2D eigenvalue weighted by atomic mass is 19.4. The number of benzene rings is 2. The lowest BCUT2D eigenvalue weighted by Crippen LogP contribution is -2.39. The Hall–Kier alpha value is -3.52. The number of para-hydroxylation sites is 1. The number of carbonyl (C=O) groups excluding carboxylic acids is 2. The van der Waals surface area contributed by atoms with Crippen LogP contribution in [0.4, 0.5) is 42.5 Å². The maximum atomic E-state index is 15.0. The fraction of sp³-hybridized carbons (Fsp3) is 0.333. The summed E-state index contributed by atoms with van der Waals surface area (Å²) in [5.41, 5.74) is 5.95. The topological polar surface area (TPSA) is 99.9 Å². The van der Waals surface area contributed by atoms with Crippen LogP contribution in [-0.4, -0.2) is 48.9 Å². The van der Waals surface area contributed by atoms with Crippen molar-refractivity contribution in [2.24, 2.45) is 5.73 Å². The number of hydrogen-bond acceptors (Lipinski definition) is 5. The van der Waals surface area contributed by atoms with Gasteiger partial charge in [0, 0.05) is 13.1 Å². The van der Waals surface area contributed by atoms with Crippen molar-refractivity contribution in [2.45, 2.75) is 31.8 Å². The number of carbonyl (C=O) groups is 2. The molecule has 4 N–H and O–H groups in total. The van der Waals surface area contributed by atoms with Crippen LogP contribution in [0.15, 0.2) is 30.3 Å². The van der Waals surface area contributed by atoms with E-state index >= 15 is 4.39 Å². The molecule has 2 atom stereocenters. The third-order valence-corrected chi connectivity index (χ3v) is 5.18. The first kappa shape index (κ1) is 26.1. The van der Waals surface area contributed by atoms with E-state index in [4.69, 9.17) is 10.5 Å². The van der Waals surface area contributed by atoms with Gasteiger partial charge in [-0.05, 0) is 38.1 Å². The largest absolute Gasteiger partial charge is 0.480 e. The van der Waals surface area contributed by atoms with E-state index in [-0.39, 0.29) is 13.0 Å². The fourth-order valence-corrected chi connectivity index (χ4v) is 3.21. The lowest BCUT2D eigenvalue weighted by Gasteiger charge is -2.22. The average Bonchev–Trinajstić information content (AvgIpc) is 3.05. The lowest BCUT2D eigenvalue weighted by atomic mass is 10.1. The van der Waals surface area contributed by atoms with Gasteiger partial charge in [0.25, 0.3) is 5.91 Å². The number of hydrazine groups is 1. The molecule has 2 aromatic carbocycles. The maximum absolute atomic E-state index is 15.0. The molecule has 0 radical (unpaired) electrons. The Morgan fingerprint density at radius 1 is 1.20 bits per heavy atom. The van der Waals surface area contributed by atoms with Gasteiger partial charge in [0.05, 0.1) is 5.56 Å². The fourth-order valence-electron chi connectivity index (χ4n) is 3.21. The minimum atomic E-state index is -4.87. The Labute approximate surface area is 195 Å². The van der Waals surface area contributed by atoms with Gasteiger partial charge in [-0.2, -0.15) is 13.2 Å². The molecule has 1 saturated heterocycles. The van der Waals surface area contributed by atoms with Crippen molar-refractivity contribution in [3.63, 3.8) is 0 Å². The molecule has 190 valence electrons. The zero-order chi connectivity index (χ0) is 26.1. The molecule has 1 aliphatic heterocycles. The van der Waals surface area contributed by atoms with Crippen LogP contribution in [0.1, 0.15) is 23.7 Å². The first-order valence-corrected chi connectivity index (χ1v) is 10.2. The molecule has 0 saturated carbocycles. The Kier molecular flexibility index (Phi) is 7.45. The standard InChI is InChI=1S/C21H21F6N5O3/c1-10(21(25,26)27)35-16-9-15(32-20(34)31(2)17(30-32)6-7-28)14(24)8-11(16)19(33)29-18-12(22)4-3-5-13(18)23/h3-5,8-10,17,30H,6-7,28H2,1-2H3,(H,29,33)/t10-,17?/m0/s1. The van der Waals surface area contributed by atoms with Gasteiger partial charge in [0.15, 0.2) is 6.10 Å². The summed E-state index contributed by atoms with van der Waals surface area (Å²) in [7, 11) is 1.40. The molecule has 2 aromatic rings. The van der Waals surface area contributed by atoms with Crippen molar-refractivity contribution in [3.8, 4) is 5.75 Å². The zero-order valence-corrected chi connectivity index (χ0v) is 18.4. The number of amides is 3. The van der Waals surface area contributed by atoms with Crippen LogP contribution in [0.2, 0.25) is 0 Å². The van der Waals surface area contributed by atoms with Crippen molar-refractivity contribution >= 4 is 23.3 Å². The van der Waals surface area contributed by atoms with Crippen molar-refractivity contribution in [3.05, 3.63) is 53.3 Å². The van der Waals surface area contributed by atoms with Gasteiger partial charge in [0.1, 0.15) is 40.7 Å². The lowest BCUT2D eigenvalue weighted by molar-refractivity contribution is -0.189. The maximum Gasteiger partial charge on any atom is 0.425 e. The summed E-state index contributed by atoms with van der Waals surface area (Å²) in [5, 5.41) is 2.60. The van der Waals surface area contributed by atoms with Gasteiger partial charge in [-0.15, -0.1) is 0 Å². The van der Waals surface area contributed by atoms with E-state index in [2.05, 4.69) is 5.43 Å². The van der Waals surface area contributed by atoms with E-state index < -0.39 is 70.5 Å². The molecule has 35 heavy (non-hydrogen) atoms. The Bertz CT molecular complexity index is 1110. The molecule has 1 aliphatic rings. The summed E-state index contributed by atoms with van der Waals surface area (Å²) in [6.07, 6.45) is -7.66. The highest BCUT2D eigenvalue weighted by molar-refractivity contribution is 6.07. The summed E-state index contributed by atoms with van der Waals surface area (Å²) >= 11 is 0. The van der Waals surface area contributed by atoms with E-state index in [0.29, 0.717) is 19.1 Å². The zero-order valence-electron chi connectivity index (χ0n) is 18.4. The van der Waals surface area contributed by atoms with Crippen LogP contribution in [-0.2, 0) is 0 Å². The van der Waals surface area contributed by atoms with Gasteiger partial charge in [-0.1, -0.05) is 6.07 Å². The summed E-state index contributed by atoms with van der Waals surface area (Å²) in [4.78, 5) is 26.5.